The Balaban J connectivity index is 1.37. The minimum absolute atomic E-state index is 0.0509. The molecule has 9 heteroatoms. The molecule has 0 atom stereocenters. The third kappa shape index (κ3) is 2.62. The van der Waals surface area contributed by atoms with Crippen molar-refractivity contribution in [2.75, 3.05) is 0 Å². The molecule has 0 bridgehead atoms. The SMILES string of the molecule is O=S(=O)(N[C@H]1CC[C@H](c2nnc3cnc4[nH]ccc4n32)CC1)C1CC1. The average Bonchev–Trinajstić information content (AvgIpc) is 3.22. The Morgan fingerprint density at radius 1 is 1.12 bits per heavy atom. The first-order valence-electron chi connectivity index (χ1n) is 8.80. The van der Waals surface area contributed by atoms with Gasteiger partial charge in [-0.3, -0.25) is 4.40 Å². The van der Waals surface area contributed by atoms with Crippen LogP contribution in [-0.4, -0.2) is 44.3 Å². The van der Waals surface area contributed by atoms with Crippen LogP contribution in [-0.2, 0) is 10.0 Å². The fourth-order valence-corrected chi connectivity index (χ4v) is 5.49. The standard InChI is InChI=1S/C16H20N6O2S/c23-25(24,12-5-6-12)21-11-3-1-10(2-4-11)16-20-19-14-9-18-15-13(22(14)16)7-8-17-15/h7-12,17,21H,1-6H2/t10-,11-. The van der Waals surface area contributed by atoms with E-state index in [9.17, 15) is 8.42 Å². The van der Waals surface area contributed by atoms with Crippen molar-refractivity contribution in [3.05, 3.63) is 24.3 Å². The highest BCUT2D eigenvalue weighted by Gasteiger charge is 2.38. The third-order valence-corrected chi connectivity index (χ3v) is 7.36. The van der Waals surface area contributed by atoms with Gasteiger partial charge in [-0.1, -0.05) is 0 Å². The van der Waals surface area contributed by atoms with Gasteiger partial charge in [0, 0.05) is 18.2 Å². The lowest BCUT2D eigenvalue weighted by Crippen LogP contribution is -2.39. The van der Waals surface area contributed by atoms with Gasteiger partial charge in [-0.05, 0) is 44.6 Å². The van der Waals surface area contributed by atoms with Crippen molar-refractivity contribution in [2.45, 2.75) is 55.7 Å². The van der Waals surface area contributed by atoms with E-state index < -0.39 is 10.0 Å². The topological polar surface area (TPSA) is 105 Å². The summed E-state index contributed by atoms with van der Waals surface area (Å²) in [6, 6.07) is 2.03. The summed E-state index contributed by atoms with van der Waals surface area (Å²) in [5, 5.41) is 8.51. The number of H-pyrrole nitrogens is 1. The Kier molecular flexibility index (Phi) is 3.36. The van der Waals surface area contributed by atoms with Gasteiger partial charge in [-0.15, -0.1) is 10.2 Å². The predicted molar refractivity (Wildman–Crippen MR) is 92.7 cm³/mol. The zero-order chi connectivity index (χ0) is 17.0. The van der Waals surface area contributed by atoms with E-state index in [0.29, 0.717) is 0 Å². The number of nitrogens with one attached hydrogen (secondary N) is 2. The van der Waals surface area contributed by atoms with Crippen LogP contribution in [0.5, 0.6) is 0 Å². The van der Waals surface area contributed by atoms with Crippen LogP contribution in [0.1, 0.15) is 50.3 Å². The van der Waals surface area contributed by atoms with Crippen LogP contribution in [0, 0.1) is 0 Å². The maximum absolute atomic E-state index is 12.1. The Morgan fingerprint density at radius 2 is 1.92 bits per heavy atom. The number of hydrogen-bond donors (Lipinski definition) is 2. The largest absolute Gasteiger partial charge is 0.345 e. The summed E-state index contributed by atoms with van der Waals surface area (Å²) in [7, 11) is -3.11. The summed E-state index contributed by atoms with van der Waals surface area (Å²) in [6.45, 7) is 0. The fourth-order valence-electron chi connectivity index (χ4n) is 3.84. The zero-order valence-corrected chi connectivity index (χ0v) is 14.5. The lowest BCUT2D eigenvalue weighted by molar-refractivity contribution is 0.364. The molecule has 0 aromatic carbocycles. The summed E-state index contributed by atoms with van der Waals surface area (Å²) >= 11 is 0. The predicted octanol–water partition coefficient (Wildman–Crippen LogP) is 1.71. The van der Waals surface area contributed by atoms with Crippen molar-refractivity contribution in [2.24, 2.45) is 0 Å². The monoisotopic (exact) mass is 360 g/mol. The minimum Gasteiger partial charge on any atom is -0.345 e. The molecule has 2 saturated carbocycles. The second kappa shape index (κ2) is 5.50. The van der Waals surface area contributed by atoms with Crippen LogP contribution in [0.4, 0.5) is 0 Å². The van der Waals surface area contributed by atoms with Crippen molar-refractivity contribution in [3.63, 3.8) is 0 Å². The van der Waals surface area contributed by atoms with Crippen LogP contribution in [0.15, 0.2) is 18.5 Å². The molecule has 25 heavy (non-hydrogen) atoms. The summed E-state index contributed by atoms with van der Waals surface area (Å²) in [5.74, 6) is 1.24. The molecular formula is C16H20N6O2S. The van der Waals surface area contributed by atoms with Crippen molar-refractivity contribution >= 4 is 26.8 Å². The first-order valence-corrected chi connectivity index (χ1v) is 10.3. The summed E-state index contributed by atoms with van der Waals surface area (Å²) < 4.78 is 29.2. The van der Waals surface area contributed by atoms with Gasteiger partial charge < -0.3 is 4.98 Å². The molecule has 8 nitrogen and oxygen atoms in total. The maximum atomic E-state index is 12.1. The smallest absolute Gasteiger partial charge is 0.214 e. The van der Waals surface area contributed by atoms with E-state index in [-0.39, 0.29) is 17.2 Å². The molecule has 3 aromatic rings. The maximum Gasteiger partial charge on any atom is 0.214 e. The molecule has 5 rings (SSSR count). The molecule has 2 N–H and O–H groups in total. The van der Waals surface area contributed by atoms with Crippen molar-refractivity contribution in [1.29, 1.82) is 0 Å². The molecule has 0 radical (unpaired) electrons. The van der Waals surface area contributed by atoms with E-state index >= 15 is 0 Å². The van der Waals surface area contributed by atoms with Crippen molar-refractivity contribution < 1.29 is 8.42 Å². The second-order valence-electron chi connectivity index (χ2n) is 7.13. The molecule has 0 spiro atoms. The van der Waals surface area contributed by atoms with Crippen molar-refractivity contribution in [3.8, 4) is 0 Å². The first kappa shape index (κ1) is 15.3. The van der Waals surface area contributed by atoms with Gasteiger partial charge in [-0.2, -0.15) is 0 Å². The van der Waals surface area contributed by atoms with E-state index in [1.54, 1.807) is 6.20 Å². The number of aromatic nitrogens is 5. The quantitative estimate of drug-likeness (QED) is 0.737. The minimum atomic E-state index is -3.11. The van der Waals surface area contributed by atoms with Crippen LogP contribution < -0.4 is 4.72 Å². The van der Waals surface area contributed by atoms with E-state index in [1.807, 2.05) is 12.3 Å². The average molecular weight is 360 g/mol. The highest BCUT2D eigenvalue weighted by molar-refractivity contribution is 7.90. The van der Waals surface area contributed by atoms with E-state index in [4.69, 9.17) is 0 Å². The molecule has 2 aliphatic carbocycles. The molecule has 3 heterocycles. The van der Waals surface area contributed by atoms with Gasteiger partial charge in [-0.25, -0.2) is 18.1 Å². The van der Waals surface area contributed by atoms with Gasteiger partial charge in [0.15, 0.2) is 11.3 Å². The van der Waals surface area contributed by atoms with Gasteiger partial charge in [0.2, 0.25) is 10.0 Å². The summed E-state index contributed by atoms with van der Waals surface area (Å²) in [4.78, 5) is 7.46. The Morgan fingerprint density at radius 3 is 2.68 bits per heavy atom. The zero-order valence-electron chi connectivity index (χ0n) is 13.7. The number of fused-ring (bicyclic) bond motifs is 3. The summed E-state index contributed by atoms with van der Waals surface area (Å²) in [6.07, 6.45) is 8.70. The van der Waals surface area contributed by atoms with Gasteiger partial charge in [0.1, 0.15) is 5.82 Å². The van der Waals surface area contributed by atoms with Crippen LogP contribution >= 0.6 is 0 Å². The normalized spacial score (nSPS) is 25.0. The number of hydrogen-bond acceptors (Lipinski definition) is 5. The molecule has 3 aromatic heterocycles. The van der Waals surface area contributed by atoms with Crippen LogP contribution in [0.25, 0.3) is 16.8 Å². The first-order chi connectivity index (χ1) is 12.1. The molecule has 2 fully saturated rings. The molecular weight excluding hydrogens is 340 g/mol. The number of aromatic amines is 1. The van der Waals surface area contributed by atoms with E-state index in [1.165, 1.54) is 0 Å². The lowest BCUT2D eigenvalue weighted by Gasteiger charge is -2.28. The van der Waals surface area contributed by atoms with Gasteiger partial charge in [0.05, 0.1) is 17.0 Å². The fraction of sp³-hybridized carbons (Fsp3) is 0.562. The highest BCUT2D eigenvalue weighted by atomic mass is 32.2. The number of nitrogens with zero attached hydrogens (tertiary/aromatic N) is 4. The second-order valence-corrected chi connectivity index (χ2v) is 9.12. The van der Waals surface area contributed by atoms with Gasteiger partial charge in [0.25, 0.3) is 0 Å². The molecule has 0 aliphatic heterocycles. The molecule has 0 unspecified atom stereocenters. The Bertz CT molecular complexity index is 1030. The number of sulfonamides is 1. The number of rotatable bonds is 4. The molecule has 132 valence electrons. The van der Waals surface area contributed by atoms with E-state index in [0.717, 1.165) is 61.2 Å². The molecule has 0 amide bonds. The lowest BCUT2D eigenvalue weighted by atomic mass is 9.86. The molecule has 2 aliphatic rings. The Labute approximate surface area is 145 Å². The Hall–Kier alpha value is -2.00. The van der Waals surface area contributed by atoms with Gasteiger partial charge >= 0.3 is 0 Å². The third-order valence-electron chi connectivity index (χ3n) is 5.35. The van der Waals surface area contributed by atoms with Crippen LogP contribution in [0.3, 0.4) is 0 Å². The highest BCUT2D eigenvalue weighted by Crippen LogP contribution is 2.34. The van der Waals surface area contributed by atoms with E-state index in [2.05, 4.69) is 29.3 Å². The van der Waals surface area contributed by atoms with Crippen molar-refractivity contribution in [1.82, 2.24) is 29.3 Å². The summed E-state index contributed by atoms with van der Waals surface area (Å²) in [5.41, 5.74) is 2.55. The molecule has 0 saturated heterocycles. The van der Waals surface area contributed by atoms with Crippen LogP contribution in [0.2, 0.25) is 0 Å².